The minimum atomic E-state index is -0.284. The zero-order valence-electron chi connectivity index (χ0n) is 11.7. The summed E-state index contributed by atoms with van der Waals surface area (Å²) in [5, 5.41) is 11.7. The van der Waals surface area contributed by atoms with Crippen LogP contribution in [0.25, 0.3) is 0 Å². The van der Waals surface area contributed by atoms with Crippen molar-refractivity contribution in [1.29, 1.82) is 5.26 Å². The number of ether oxygens (including phenoxy) is 1. The maximum Gasteiger partial charge on any atom is 0.241 e. The van der Waals surface area contributed by atoms with Gasteiger partial charge in [-0.1, -0.05) is 17.7 Å². The number of anilines is 2. The van der Waals surface area contributed by atoms with Gasteiger partial charge in [-0.3, -0.25) is 4.79 Å². The number of carbonyl (C=O) groups is 1. The van der Waals surface area contributed by atoms with Gasteiger partial charge in [0.15, 0.2) is 0 Å². The van der Waals surface area contributed by atoms with Gasteiger partial charge in [0.25, 0.3) is 0 Å². The Kier molecular flexibility index (Phi) is 4.05. The molecule has 0 unspecified atom stereocenters. The fourth-order valence-corrected chi connectivity index (χ4v) is 1.69. The zero-order valence-corrected chi connectivity index (χ0v) is 11.7. The van der Waals surface area contributed by atoms with Crippen LogP contribution in [0.2, 0.25) is 0 Å². The van der Waals surface area contributed by atoms with E-state index in [1.165, 1.54) is 13.0 Å². The van der Waals surface area contributed by atoms with E-state index in [4.69, 9.17) is 15.7 Å². The predicted molar refractivity (Wildman–Crippen MR) is 78.9 cm³/mol. The van der Waals surface area contributed by atoms with E-state index in [0.29, 0.717) is 5.75 Å². The van der Waals surface area contributed by atoms with E-state index >= 15 is 0 Å². The van der Waals surface area contributed by atoms with Gasteiger partial charge in [-0.25, -0.2) is 0 Å². The number of nitrogens with two attached hydrogens (primary N) is 1. The van der Waals surface area contributed by atoms with Crippen LogP contribution in [0.5, 0.6) is 11.6 Å². The number of aromatic nitrogens is 1. The lowest BCUT2D eigenvalue weighted by molar-refractivity contribution is -0.114. The van der Waals surface area contributed by atoms with Gasteiger partial charge in [0, 0.05) is 13.0 Å². The molecular weight excluding hydrogens is 268 g/mol. The number of carbonyl (C=O) groups excluding carboxylic acids is 1. The van der Waals surface area contributed by atoms with Crippen LogP contribution < -0.4 is 15.8 Å². The number of aryl methyl sites for hydroxylation is 1. The van der Waals surface area contributed by atoms with Crippen molar-refractivity contribution < 1.29 is 9.53 Å². The van der Waals surface area contributed by atoms with E-state index in [-0.39, 0.29) is 28.9 Å². The SMILES string of the molecule is CC(=O)Nc1cc(N)c(C#N)c(Oc2ccc(C)cc2)n1. The molecule has 0 aliphatic carbocycles. The number of benzene rings is 1. The van der Waals surface area contributed by atoms with E-state index in [9.17, 15) is 4.79 Å². The van der Waals surface area contributed by atoms with Crippen molar-refractivity contribution in [3.8, 4) is 17.7 Å². The lowest BCUT2D eigenvalue weighted by atomic mass is 10.2. The molecule has 0 radical (unpaired) electrons. The quantitative estimate of drug-likeness (QED) is 0.901. The fraction of sp³-hybridized carbons (Fsp3) is 0.133. The van der Waals surface area contributed by atoms with Crippen LogP contribution in [0.3, 0.4) is 0 Å². The molecule has 0 aliphatic heterocycles. The topological polar surface area (TPSA) is 101 Å². The summed E-state index contributed by atoms with van der Waals surface area (Å²) in [5.74, 6) is 0.545. The lowest BCUT2D eigenvalue weighted by Crippen LogP contribution is -2.09. The molecule has 1 amide bonds. The molecule has 0 saturated heterocycles. The molecule has 21 heavy (non-hydrogen) atoms. The molecule has 2 rings (SSSR count). The molecule has 106 valence electrons. The Bertz CT molecular complexity index is 718. The monoisotopic (exact) mass is 282 g/mol. The van der Waals surface area contributed by atoms with Crippen molar-refractivity contribution in [1.82, 2.24) is 4.98 Å². The summed E-state index contributed by atoms with van der Waals surface area (Å²) in [5.41, 5.74) is 7.20. The molecule has 2 aromatic rings. The Hall–Kier alpha value is -3.07. The molecule has 1 heterocycles. The summed E-state index contributed by atoms with van der Waals surface area (Å²) in [6, 6.07) is 10.7. The first kappa shape index (κ1) is 14.3. The first-order chi connectivity index (χ1) is 9.99. The Morgan fingerprint density at radius 1 is 1.38 bits per heavy atom. The first-order valence-electron chi connectivity index (χ1n) is 6.22. The molecule has 0 atom stereocenters. The second kappa shape index (κ2) is 5.92. The van der Waals surface area contributed by atoms with Gasteiger partial charge in [0.2, 0.25) is 11.8 Å². The summed E-state index contributed by atoms with van der Waals surface area (Å²) in [6.07, 6.45) is 0. The van der Waals surface area contributed by atoms with Gasteiger partial charge in [0.05, 0.1) is 5.69 Å². The second-order valence-corrected chi connectivity index (χ2v) is 4.48. The van der Waals surface area contributed by atoms with Crippen LogP contribution in [-0.2, 0) is 4.79 Å². The highest BCUT2D eigenvalue weighted by Gasteiger charge is 2.13. The van der Waals surface area contributed by atoms with Crippen LogP contribution in [-0.4, -0.2) is 10.9 Å². The number of nitrogens with one attached hydrogen (secondary N) is 1. The summed E-state index contributed by atoms with van der Waals surface area (Å²) in [7, 11) is 0. The van der Waals surface area contributed by atoms with Crippen molar-refractivity contribution in [3.63, 3.8) is 0 Å². The minimum Gasteiger partial charge on any atom is -0.438 e. The summed E-state index contributed by atoms with van der Waals surface area (Å²) in [4.78, 5) is 15.2. The number of nitrogen functional groups attached to an aromatic ring is 1. The smallest absolute Gasteiger partial charge is 0.241 e. The Labute approximate surface area is 122 Å². The van der Waals surface area contributed by atoms with Crippen molar-refractivity contribution in [2.45, 2.75) is 13.8 Å². The van der Waals surface area contributed by atoms with Gasteiger partial charge < -0.3 is 15.8 Å². The minimum absolute atomic E-state index is 0.0603. The van der Waals surface area contributed by atoms with Gasteiger partial charge in [-0.2, -0.15) is 10.2 Å². The molecular formula is C15H14N4O2. The summed E-state index contributed by atoms with van der Waals surface area (Å²) in [6.45, 7) is 3.31. The lowest BCUT2D eigenvalue weighted by Gasteiger charge is -2.10. The third-order valence-electron chi connectivity index (χ3n) is 2.67. The predicted octanol–water partition coefficient (Wildman–Crippen LogP) is 2.59. The molecule has 1 aromatic carbocycles. The number of amides is 1. The molecule has 0 fully saturated rings. The Morgan fingerprint density at radius 3 is 2.62 bits per heavy atom. The standard InChI is InChI=1S/C15H14N4O2/c1-9-3-5-11(6-4-9)21-15-12(8-16)13(17)7-14(19-15)18-10(2)20/h3-7H,1-2H3,(H3,17,18,19,20). The number of rotatable bonds is 3. The molecule has 0 saturated carbocycles. The summed E-state index contributed by atoms with van der Waals surface area (Å²) >= 11 is 0. The van der Waals surface area contributed by atoms with Gasteiger partial charge in [-0.15, -0.1) is 0 Å². The normalized spacial score (nSPS) is 9.76. The van der Waals surface area contributed by atoms with Gasteiger partial charge >= 0.3 is 0 Å². The molecule has 1 aromatic heterocycles. The largest absolute Gasteiger partial charge is 0.438 e. The average molecular weight is 282 g/mol. The van der Waals surface area contributed by atoms with Crippen molar-refractivity contribution in [3.05, 3.63) is 41.5 Å². The Morgan fingerprint density at radius 2 is 2.05 bits per heavy atom. The molecule has 6 heteroatoms. The molecule has 0 bridgehead atoms. The van der Waals surface area contributed by atoms with Crippen LogP contribution in [0.15, 0.2) is 30.3 Å². The highest BCUT2D eigenvalue weighted by molar-refractivity contribution is 5.88. The maximum absolute atomic E-state index is 11.1. The number of nitrogens with zero attached hydrogens (tertiary/aromatic N) is 2. The third kappa shape index (κ3) is 3.48. The third-order valence-corrected chi connectivity index (χ3v) is 2.67. The molecule has 3 N–H and O–H groups in total. The maximum atomic E-state index is 11.1. The molecule has 0 aliphatic rings. The average Bonchev–Trinajstić information content (AvgIpc) is 2.40. The zero-order chi connectivity index (χ0) is 15.4. The highest BCUT2D eigenvalue weighted by atomic mass is 16.5. The van der Waals surface area contributed by atoms with Crippen molar-refractivity contribution >= 4 is 17.4 Å². The second-order valence-electron chi connectivity index (χ2n) is 4.48. The fourth-order valence-electron chi connectivity index (χ4n) is 1.69. The van der Waals surface area contributed by atoms with Gasteiger partial charge in [0.1, 0.15) is 23.2 Å². The van der Waals surface area contributed by atoms with Crippen molar-refractivity contribution in [2.24, 2.45) is 0 Å². The van der Waals surface area contributed by atoms with Gasteiger partial charge in [-0.05, 0) is 19.1 Å². The van der Waals surface area contributed by atoms with Crippen LogP contribution in [0, 0.1) is 18.3 Å². The number of pyridine rings is 1. The van der Waals surface area contributed by atoms with Crippen molar-refractivity contribution in [2.75, 3.05) is 11.1 Å². The Balaban J connectivity index is 2.40. The van der Waals surface area contributed by atoms with E-state index < -0.39 is 0 Å². The van der Waals surface area contributed by atoms with Crippen LogP contribution in [0.4, 0.5) is 11.5 Å². The van der Waals surface area contributed by atoms with Crippen LogP contribution >= 0.6 is 0 Å². The molecule has 6 nitrogen and oxygen atoms in total. The number of hydrogen-bond donors (Lipinski definition) is 2. The summed E-state index contributed by atoms with van der Waals surface area (Å²) < 4.78 is 5.59. The first-order valence-corrected chi connectivity index (χ1v) is 6.22. The molecule has 0 spiro atoms. The van der Waals surface area contributed by atoms with E-state index in [1.807, 2.05) is 25.1 Å². The number of nitriles is 1. The van der Waals surface area contributed by atoms with Crippen LogP contribution in [0.1, 0.15) is 18.1 Å². The van der Waals surface area contributed by atoms with E-state index in [1.54, 1.807) is 12.1 Å². The highest BCUT2D eigenvalue weighted by Crippen LogP contribution is 2.29. The number of hydrogen-bond acceptors (Lipinski definition) is 5. The van der Waals surface area contributed by atoms with E-state index in [2.05, 4.69) is 10.3 Å². The van der Waals surface area contributed by atoms with E-state index in [0.717, 1.165) is 5.56 Å².